The van der Waals surface area contributed by atoms with Gasteiger partial charge in [-0.25, -0.2) is 4.98 Å². The minimum absolute atomic E-state index is 0.106. The third-order valence-corrected chi connectivity index (χ3v) is 13.5. The van der Waals surface area contributed by atoms with E-state index >= 15 is 0 Å². The fourth-order valence-corrected chi connectivity index (χ4v) is 10.9. The smallest absolute Gasteiger partial charge is 0.0826 e. The Labute approximate surface area is 311 Å². The van der Waals surface area contributed by atoms with Crippen LogP contribution in [0.1, 0.15) is 49.9 Å². The van der Waals surface area contributed by atoms with Crippen LogP contribution in [0.25, 0.3) is 70.6 Å². The molecule has 0 radical (unpaired) electrons. The Balaban J connectivity index is 1.14. The molecule has 3 heterocycles. The van der Waals surface area contributed by atoms with Crippen LogP contribution < -0.4 is 4.90 Å². The van der Waals surface area contributed by atoms with E-state index in [0.717, 1.165) is 11.2 Å². The molecule has 4 heteroatoms. The van der Waals surface area contributed by atoms with Gasteiger partial charge in [0.05, 0.1) is 32.3 Å². The quantitative estimate of drug-likeness (QED) is 0.183. The maximum Gasteiger partial charge on any atom is 0.0826 e. The largest absolute Gasteiger partial charge is 0.310 e. The Bertz CT molecular complexity index is 3090. The van der Waals surface area contributed by atoms with Gasteiger partial charge < -0.3 is 9.30 Å². The molecular formula is C49H35N3S. The first-order chi connectivity index (χ1) is 25.8. The number of hydrogen-bond acceptors (Lipinski definition) is 3. The summed E-state index contributed by atoms with van der Waals surface area (Å²) < 4.78 is 3.73. The zero-order valence-electron chi connectivity index (χ0n) is 30.0. The van der Waals surface area contributed by atoms with E-state index in [-0.39, 0.29) is 10.8 Å². The van der Waals surface area contributed by atoms with Crippen molar-refractivity contribution in [3.05, 3.63) is 161 Å². The van der Waals surface area contributed by atoms with Crippen molar-refractivity contribution in [2.45, 2.75) is 38.5 Å². The molecule has 252 valence electrons. The highest BCUT2D eigenvalue weighted by molar-refractivity contribution is 7.18. The van der Waals surface area contributed by atoms with Crippen molar-refractivity contribution in [2.75, 3.05) is 4.90 Å². The Morgan fingerprint density at radius 1 is 0.509 bits per heavy atom. The first-order valence-electron chi connectivity index (χ1n) is 18.5. The molecule has 0 saturated carbocycles. The molecule has 10 aromatic rings. The number of rotatable bonds is 3. The van der Waals surface area contributed by atoms with E-state index in [1.807, 2.05) is 5.51 Å². The third kappa shape index (κ3) is 3.67. The molecule has 3 nitrogen and oxygen atoms in total. The lowest BCUT2D eigenvalue weighted by atomic mass is 9.82. The lowest BCUT2D eigenvalue weighted by Gasteiger charge is -2.30. The molecule has 0 atom stereocenters. The van der Waals surface area contributed by atoms with Crippen LogP contribution in [-0.4, -0.2) is 9.38 Å². The molecule has 12 rings (SSSR count). The predicted molar refractivity (Wildman–Crippen MR) is 224 cm³/mol. The van der Waals surface area contributed by atoms with Crippen molar-refractivity contribution >= 4 is 76.7 Å². The Morgan fingerprint density at radius 3 is 1.74 bits per heavy atom. The summed E-state index contributed by atoms with van der Waals surface area (Å²) >= 11 is 1.74. The topological polar surface area (TPSA) is 20.5 Å². The second-order valence-corrected chi connectivity index (χ2v) is 16.9. The van der Waals surface area contributed by atoms with Crippen LogP contribution >= 0.6 is 11.3 Å². The van der Waals surface area contributed by atoms with E-state index in [1.165, 1.54) is 98.7 Å². The number of benzene rings is 7. The fourth-order valence-electron chi connectivity index (χ4n) is 10.1. The second kappa shape index (κ2) is 9.91. The van der Waals surface area contributed by atoms with Gasteiger partial charge in [0.2, 0.25) is 0 Å². The molecule has 0 spiro atoms. The van der Waals surface area contributed by atoms with Gasteiger partial charge in [-0.15, -0.1) is 11.3 Å². The van der Waals surface area contributed by atoms with E-state index in [9.17, 15) is 0 Å². The molecule has 0 bridgehead atoms. The highest BCUT2D eigenvalue weighted by atomic mass is 32.1. The van der Waals surface area contributed by atoms with Crippen LogP contribution in [0, 0.1) is 0 Å². The van der Waals surface area contributed by atoms with Crippen LogP contribution in [-0.2, 0) is 10.8 Å². The summed E-state index contributed by atoms with van der Waals surface area (Å²) in [5.41, 5.74) is 21.0. The fraction of sp³-hybridized carbons (Fsp3) is 0.122. The SMILES string of the molecule is CC1(C)c2ccccc2-c2ccc(N(c3ccc4c(c3)C(C)(C)c3ccccc3-4)c3ccc4c(c3)c3c5scnc5cc5c6ccccc6n4c53)cc21. The van der Waals surface area contributed by atoms with Gasteiger partial charge in [0.15, 0.2) is 0 Å². The standard InChI is InChI=1S/C49H35N3S/c1-48(2)38-14-8-5-11-31(38)33-20-17-29(24-40(33)48)51(30-18-21-34-32-12-6-9-15-39(32)49(3,4)41(34)25-30)28-19-22-44-37(23-28)45-46-36(26-42-47(45)53-27-50-42)35-13-7-10-16-43(35)52(44)46/h5-27H,1-4H3. The molecule has 0 N–H and O–H groups in total. The zero-order chi connectivity index (χ0) is 35.4. The van der Waals surface area contributed by atoms with E-state index < -0.39 is 0 Å². The molecule has 3 aromatic heterocycles. The van der Waals surface area contributed by atoms with E-state index in [0.29, 0.717) is 0 Å². The normalized spacial score (nSPS) is 15.1. The number of fused-ring (bicyclic) bond motifs is 14. The van der Waals surface area contributed by atoms with Gasteiger partial charge in [0.1, 0.15) is 0 Å². The molecule has 0 fully saturated rings. The predicted octanol–water partition coefficient (Wildman–Crippen LogP) is 13.5. The lowest BCUT2D eigenvalue weighted by molar-refractivity contribution is 0.660. The zero-order valence-corrected chi connectivity index (χ0v) is 30.8. The van der Waals surface area contributed by atoms with Crippen molar-refractivity contribution in [1.29, 1.82) is 0 Å². The van der Waals surface area contributed by atoms with Crippen molar-refractivity contribution in [1.82, 2.24) is 9.38 Å². The number of para-hydroxylation sites is 1. The minimum atomic E-state index is -0.106. The summed E-state index contributed by atoms with van der Waals surface area (Å²) in [5.74, 6) is 0. The molecule has 0 unspecified atom stereocenters. The van der Waals surface area contributed by atoms with Crippen molar-refractivity contribution in [3.8, 4) is 22.3 Å². The third-order valence-electron chi connectivity index (χ3n) is 12.7. The molecule has 0 saturated heterocycles. The number of nitrogens with zero attached hydrogens (tertiary/aromatic N) is 3. The van der Waals surface area contributed by atoms with Gasteiger partial charge in [-0.2, -0.15) is 0 Å². The van der Waals surface area contributed by atoms with Crippen LogP contribution in [0.3, 0.4) is 0 Å². The average Bonchev–Trinajstić information content (AvgIpc) is 3.96. The van der Waals surface area contributed by atoms with Crippen molar-refractivity contribution in [2.24, 2.45) is 0 Å². The summed E-state index contributed by atoms with van der Waals surface area (Å²) in [5, 5.41) is 5.10. The minimum Gasteiger partial charge on any atom is -0.310 e. The van der Waals surface area contributed by atoms with Gasteiger partial charge in [-0.3, -0.25) is 0 Å². The summed E-state index contributed by atoms with van der Waals surface area (Å²) in [6, 6.07) is 50.3. The maximum atomic E-state index is 4.84. The monoisotopic (exact) mass is 697 g/mol. The number of hydrogen-bond donors (Lipinski definition) is 0. The summed E-state index contributed by atoms with van der Waals surface area (Å²) in [6.07, 6.45) is 0. The molecule has 53 heavy (non-hydrogen) atoms. The first kappa shape index (κ1) is 29.6. The number of anilines is 3. The summed E-state index contributed by atoms with van der Waals surface area (Å²) in [4.78, 5) is 7.33. The highest BCUT2D eigenvalue weighted by Gasteiger charge is 2.38. The number of aromatic nitrogens is 2. The lowest BCUT2D eigenvalue weighted by Crippen LogP contribution is -2.18. The van der Waals surface area contributed by atoms with Gasteiger partial charge >= 0.3 is 0 Å². The Hall–Kier alpha value is -5.97. The van der Waals surface area contributed by atoms with E-state index in [4.69, 9.17) is 4.98 Å². The van der Waals surface area contributed by atoms with Crippen molar-refractivity contribution in [3.63, 3.8) is 0 Å². The van der Waals surface area contributed by atoms with Gasteiger partial charge in [-0.05, 0) is 99.1 Å². The molecular weight excluding hydrogens is 663 g/mol. The van der Waals surface area contributed by atoms with Crippen LogP contribution in [0.5, 0.6) is 0 Å². The van der Waals surface area contributed by atoms with Crippen LogP contribution in [0.2, 0.25) is 0 Å². The second-order valence-electron chi connectivity index (χ2n) is 16.0. The summed E-state index contributed by atoms with van der Waals surface area (Å²) in [6.45, 7) is 9.48. The maximum absolute atomic E-state index is 4.84. The molecule has 0 amide bonds. The number of thiazole rings is 1. The Morgan fingerprint density at radius 2 is 1.06 bits per heavy atom. The van der Waals surface area contributed by atoms with Gasteiger partial charge in [-0.1, -0.05) is 107 Å². The van der Waals surface area contributed by atoms with Crippen molar-refractivity contribution < 1.29 is 0 Å². The first-order valence-corrected chi connectivity index (χ1v) is 19.4. The van der Waals surface area contributed by atoms with E-state index in [2.05, 4.69) is 170 Å². The van der Waals surface area contributed by atoms with Gasteiger partial charge in [0.25, 0.3) is 0 Å². The van der Waals surface area contributed by atoms with Gasteiger partial charge in [0, 0.05) is 49.4 Å². The Kier molecular flexibility index (Phi) is 5.53. The van der Waals surface area contributed by atoms with E-state index in [1.54, 1.807) is 11.3 Å². The molecule has 2 aliphatic rings. The highest BCUT2D eigenvalue weighted by Crippen LogP contribution is 2.54. The molecule has 0 aliphatic heterocycles. The molecule has 2 aliphatic carbocycles. The average molecular weight is 698 g/mol. The van der Waals surface area contributed by atoms with Crippen LogP contribution in [0.15, 0.2) is 139 Å². The molecule has 7 aromatic carbocycles. The summed E-state index contributed by atoms with van der Waals surface area (Å²) in [7, 11) is 0. The van der Waals surface area contributed by atoms with Crippen LogP contribution in [0.4, 0.5) is 17.1 Å².